The molecule has 0 saturated heterocycles. The van der Waals surface area contributed by atoms with Crippen molar-refractivity contribution in [1.29, 1.82) is 0 Å². The van der Waals surface area contributed by atoms with Gasteiger partial charge >= 0.3 is 0 Å². The second-order valence-electron chi connectivity index (χ2n) is 4.24. The number of hydrogen-bond donors (Lipinski definition) is 2. The third-order valence-electron chi connectivity index (χ3n) is 2.79. The Bertz CT molecular complexity index is 666. The smallest absolute Gasteiger partial charge is 0.258 e. The average Bonchev–Trinajstić information content (AvgIpc) is 2.38. The highest BCUT2D eigenvalue weighted by Crippen LogP contribution is 2.22. The van der Waals surface area contributed by atoms with Crippen molar-refractivity contribution in [3.8, 4) is 0 Å². The monoisotopic (exact) mass is 280 g/mol. The van der Waals surface area contributed by atoms with Crippen LogP contribution in [0, 0.1) is 24.4 Å². The molecule has 0 saturated carbocycles. The maximum Gasteiger partial charge on any atom is 0.258 e. The van der Waals surface area contributed by atoms with Crippen LogP contribution in [0.2, 0.25) is 0 Å². The molecule has 0 bridgehead atoms. The van der Waals surface area contributed by atoms with Crippen molar-refractivity contribution in [1.82, 2.24) is 0 Å². The van der Waals surface area contributed by atoms with Gasteiger partial charge in [-0.2, -0.15) is 0 Å². The number of nitrogens with two attached hydrogens (primary N) is 1. The summed E-state index contributed by atoms with van der Waals surface area (Å²) >= 11 is 0. The van der Waals surface area contributed by atoms with Gasteiger partial charge in [-0.1, -0.05) is 12.1 Å². The van der Waals surface area contributed by atoms with Crippen LogP contribution in [0.4, 0.5) is 24.5 Å². The summed E-state index contributed by atoms with van der Waals surface area (Å²) in [5.74, 6) is -3.57. The standard InChI is InChI=1S/C14H11F3N2O/c1-7-3-2-4-9(15)13(7)19-14(20)8-5-12(18)11(17)6-10(8)16/h2-6H,18H2,1H3,(H,19,20). The molecule has 0 aliphatic heterocycles. The van der Waals surface area contributed by atoms with E-state index in [9.17, 15) is 18.0 Å². The van der Waals surface area contributed by atoms with E-state index < -0.39 is 28.9 Å². The lowest BCUT2D eigenvalue weighted by Crippen LogP contribution is -2.16. The van der Waals surface area contributed by atoms with E-state index >= 15 is 0 Å². The molecule has 2 aromatic carbocycles. The zero-order chi connectivity index (χ0) is 14.9. The largest absolute Gasteiger partial charge is 0.396 e. The summed E-state index contributed by atoms with van der Waals surface area (Å²) < 4.78 is 40.1. The van der Waals surface area contributed by atoms with Crippen molar-refractivity contribution in [3.63, 3.8) is 0 Å². The van der Waals surface area contributed by atoms with E-state index in [1.54, 1.807) is 13.0 Å². The number of para-hydroxylation sites is 1. The predicted octanol–water partition coefficient (Wildman–Crippen LogP) is 3.25. The van der Waals surface area contributed by atoms with Crippen LogP contribution in [0.5, 0.6) is 0 Å². The van der Waals surface area contributed by atoms with E-state index in [-0.39, 0.29) is 11.4 Å². The lowest BCUT2D eigenvalue weighted by Gasteiger charge is -2.10. The molecule has 3 nitrogen and oxygen atoms in total. The molecule has 0 aliphatic carbocycles. The van der Waals surface area contributed by atoms with Gasteiger partial charge in [-0.05, 0) is 24.6 Å². The van der Waals surface area contributed by atoms with Crippen LogP contribution in [-0.2, 0) is 0 Å². The molecule has 6 heteroatoms. The number of halogens is 3. The Morgan fingerprint density at radius 3 is 2.45 bits per heavy atom. The minimum Gasteiger partial charge on any atom is -0.396 e. The van der Waals surface area contributed by atoms with Gasteiger partial charge in [0.15, 0.2) is 0 Å². The van der Waals surface area contributed by atoms with Crippen LogP contribution < -0.4 is 11.1 Å². The second-order valence-corrected chi connectivity index (χ2v) is 4.24. The second kappa shape index (κ2) is 5.24. The number of aryl methyl sites for hydroxylation is 1. The molecular weight excluding hydrogens is 269 g/mol. The molecular formula is C14H11F3N2O. The Balaban J connectivity index is 2.36. The third-order valence-corrected chi connectivity index (χ3v) is 2.79. The summed E-state index contributed by atoms with van der Waals surface area (Å²) in [6.07, 6.45) is 0. The zero-order valence-electron chi connectivity index (χ0n) is 10.5. The summed E-state index contributed by atoms with van der Waals surface area (Å²) in [6, 6.07) is 5.62. The van der Waals surface area contributed by atoms with Gasteiger partial charge in [-0.25, -0.2) is 13.2 Å². The molecule has 0 spiro atoms. The Kier molecular flexibility index (Phi) is 3.65. The Hall–Kier alpha value is -2.50. The first-order valence-corrected chi connectivity index (χ1v) is 5.71. The molecule has 0 heterocycles. The number of carbonyl (C=O) groups is 1. The number of carbonyl (C=O) groups excluding carboxylic acids is 1. The lowest BCUT2D eigenvalue weighted by atomic mass is 10.1. The van der Waals surface area contributed by atoms with E-state index in [2.05, 4.69) is 5.32 Å². The van der Waals surface area contributed by atoms with Crippen LogP contribution in [0.25, 0.3) is 0 Å². The van der Waals surface area contributed by atoms with E-state index in [4.69, 9.17) is 5.73 Å². The van der Waals surface area contributed by atoms with Gasteiger partial charge in [0.05, 0.1) is 16.9 Å². The number of nitrogens with one attached hydrogen (secondary N) is 1. The first-order chi connectivity index (χ1) is 9.40. The topological polar surface area (TPSA) is 55.1 Å². The van der Waals surface area contributed by atoms with Crippen LogP contribution in [0.15, 0.2) is 30.3 Å². The molecule has 3 N–H and O–H groups in total. The van der Waals surface area contributed by atoms with Crippen molar-refractivity contribution in [2.75, 3.05) is 11.1 Å². The molecule has 2 rings (SSSR count). The molecule has 0 aromatic heterocycles. The van der Waals surface area contributed by atoms with Gasteiger partial charge in [0, 0.05) is 6.07 Å². The molecule has 0 aliphatic rings. The van der Waals surface area contributed by atoms with Crippen molar-refractivity contribution >= 4 is 17.3 Å². The van der Waals surface area contributed by atoms with E-state index in [1.165, 1.54) is 6.07 Å². The van der Waals surface area contributed by atoms with Crippen LogP contribution >= 0.6 is 0 Å². The van der Waals surface area contributed by atoms with Gasteiger partial charge in [-0.3, -0.25) is 4.79 Å². The number of rotatable bonds is 2. The molecule has 2 aromatic rings. The Morgan fingerprint density at radius 1 is 1.10 bits per heavy atom. The molecule has 104 valence electrons. The average molecular weight is 280 g/mol. The molecule has 0 fully saturated rings. The number of hydrogen-bond acceptors (Lipinski definition) is 2. The molecule has 1 amide bonds. The van der Waals surface area contributed by atoms with Gasteiger partial charge in [0.1, 0.15) is 17.5 Å². The Morgan fingerprint density at radius 2 is 1.80 bits per heavy atom. The minimum atomic E-state index is -1.07. The van der Waals surface area contributed by atoms with E-state index in [1.807, 2.05) is 0 Å². The summed E-state index contributed by atoms with van der Waals surface area (Å²) in [4.78, 5) is 11.9. The maximum atomic E-state index is 13.6. The molecule has 0 unspecified atom stereocenters. The Labute approximate surface area is 113 Å². The number of anilines is 2. The van der Waals surface area contributed by atoms with E-state index in [0.717, 1.165) is 12.1 Å². The fraction of sp³-hybridized carbons (Fsp3) is 0.0714. The first-order valence-electron chi connectivity index (χ1n) is 5.71. The van der Waals surface area contributed by atoms with Crippen molar-refractivity contribution in [2.45, 2.75) is 6.92 Å². The highest BCUT2D eigenvalue weighted by atomic mass is 19.1. The quantitative estimate of drug-likeness (QED) is 0.830. The summed E-state index contributed by atoms with van der Waals surface area (Å²) in [5, 5.41) is 2.25. The van der Waals surface area contributed by atoms with Crippen LogP contribution in [0.1, 0.15) is 15.9 Å². The molecule has 20 heavy (non-hydrogen) atoms. The van der Waals surface area contributed by atoms with Crippen molar-refractivity contribution < 1.29 is 18.0 Å². The number of nitrogen functional groups attached to an aromatic ring is 1. The molecule has 0 radical (unpaired) electrons. The number of benzene rings is 2. The van der Waals surface area contributed by atoms with E-state index in [0.29, 0.717) is 11.6 Å². The third kappa shape index (κ3) is 2.59. The highest BCUT2D eigenvalue weighted by molar-refractivity contribution is 6.05. The molecule has 0 atom stereocenters. The SMILES string of the molecule is Cc1cccc(F)c1NC(=O)c1cc(N)c(F)cc1F. The normalized spacial score (nSPS) is 10.4. The van der Waals surface area contributed by atoms with Gasteiger partial charge < -0.3 is 11.1 Å². The first kappa shape index (κ1) is 13.9. The predicted molar refractivity (Wildman–Crippen MR) is 69.9 cm³/mol. The van der Waals surface area contributed by atoms with Crippen LogP contribution in [-0.4, -0.2) is 5.91 Å². The number of amides is 1. The lowest BCUT2D eigenvalue weighted by molar-refractivity contribution is 0.102. The van der Waals surface area contributed by atoms with Gasteiger partial charge in [0.2, 0.25) is 0 Å². The van der Waals surface area contributed by atoms with Crippen LogP contribution in [0.3, 0.4) is 0 Å². The summed E-state index contributed by atoms with van der Waals surface area (Å²) in [6.45, 7) is 1.59. The maximum absolute atomic E-state index is 13.6. The van der Waals surface area contributed by atoms with Gasteiger partial charge in [0.25, 0.3) is 5.91 Å². The zero-order valence-corrected chi connectivity index (χ0v) is 10.5. The summed E-state index contributed by atoms with van der Waals surface area (Å²) in [5.41, 5.74) is 4.90. The fourth-order valence-electron chi connectivity index (χ4n) is 1.71. The minimum absolute atomic E-state index is 0.0557. The summed E-state index contributed by atoms with van der Waals surface area (Å²) in [7, 11) is 0. The van der Waals surface area contributed by atoms with Gasteiger partial charge in [-0.15, -0.1) is 0 Å². The highest BCUT2D eigenvalue weighted by Gasteiger charge is 2.17. The fourth-order valence-corrected chi connectivity index (χ4v) is 1.71. The van der Waals surface area contributed by atoms with Crippen molar-refractivity contribution in [3.05, 3.63) is 58.9 Å². The van der Waals surface area contributed by atoms with Crippen molar-refractivity contribution in [2.24, 2.45) is 0 Å².